The van der Waals surface area contributed by atoms with Crippen LogP contribution >= 0.6 is 11.8 Å². The van der Waals surface area contributed by atoms with E-state index in [9.17, 15) is 14.7 Å². The van der Waals surface area contributed by atoms with Gasteiger partial charge in [0.1, 0.15) is 6.04 Å². The molecule has 3 aliphatic heterocycles. The molecule has 1 N–H and O–H groups in total. The highest BCUT2D eigenvalue weighted by Gasteiger charge is 2.75. The second kappa shape index (κ2) is 13.6. The van der Waals surface area contributed by atoms with Crippen LogP contribution in [0, 0.1) is 17.3 Å². The highest BCUT2D eigenvalue weighted by molar-refractivity contribution is 8.02. The Morgan fingerprint density at radius 2 is 1.62 bits per heavy atom. The fourth-order valence-corrected chi connectivity index (χ4v) is 10.9. The summed E-state index contributed by atoms with van der Waals surface area (Å²) in [5.41, 5.74) is 1.17. The van der Waals surface area contributed by atoms with Gasteiger partial charge in [-0.15, -0.1) is 24.9 Å². The maximum atomic E-state index is 15.2. The third-order valence-electron chi connectivity index (χ3n) is 10.1. The maximum Gasteiger partial charge on any atom is 0.247 e. The number of thioether (sulfide) groups is 1. The summed E-state index contributed by atoms with van der Waals surface area (Å²) >= 11 is 1.66. The number of fused-ring (bicyclic) bond motifs is 1. The Labute approximate surface area is 285 Å². The first-order chi connectivity index (χ1) is 22.3. The standard InChI is InChI=1S/C39H51N3O4S/c1-8-22-40(24-27-16-12-10-13-17-27)34(44)31-30-20-21-39(47-30)32(31)35(45)42(29(25-43)28-18-14-11-15-19-28)33(39)36(46)41(23-9-2)38(6,7)26-37(3,4)5/h8-19,29-33,43H,1-2,20-26H2,3-7H3/t29-,30-,31+,32+,33?,39?/m1/s1. The number of hydrogen-bond acceptors (Lipinski definition) is 5. The summed E-state index contributed by atoms with van der Waals surface area (Å²) in [6, 6.07) is 17.7. The lowest BCUT2D eigenvalue weighted by Crippen LogP contribution is -2.60. The molecule has 3 aliphatic rings. The van der Waals surface area contributed by atoms with Crippen molar-refractivity contribution in [1.82, 2.24) is 14.7 Å². The van der Waals surface area contributed by atoms with Crippen LogP contribution < -0.4 is 0 Å². The predicted octanol–water partition coefficient (Wildman–Crippen LogP) is 6.26. The number of benzene rings is 2. The highest BCUT2D eigenvalue weighted by Crippen LogP contribution is 2.67. The Hall–Kier alpha value is -3.36. The van der Waals surface area contributed by atoms with Gasteiger partial charge in [0.2, 0.25) is 17.7 Å². The van der Waals surface area contributed by atoms with Crippen molar-refractivity contribution in [2.45, 2.75) is 88.0 Å². The summed E-state index contributed by atoms with van der Waals surface area (Å²) in [4.78, 5) is 50.2. The van der Waals surface area contributed by atoms with Crippen molar-refractivity contribution in [2.24, 2.45) is 17.3 Å². The Morgan fingerprint density at radius 3 is 2.19 bits per heavy atom. The van der Waals surface area contributed by atoms with Crippen molar-refractivity contribution in [3.05, 3.63) is 97.1 Å². The smallest absolute Gasteiger partial charge is 0.247 e. The molecule has 2 aromatic rings. The Kier molecular flexibility index (Phi) is 10.1. The molecule has 5 rings (SSSR count). The van der Waals surface area contributed by atoms with E-state index in [1.165, 1.54) is 0 Å². The number of carbonyl (C=O) groups excluding carboxylic acids is 3. The average molecular weight is 658 g/mol. The van der Waals surface area contributed by atoms with E-state index in [0.717, 1.165) is 24.0 Å². The third-order valence-corrected chi connectivity index (χ3v) is 12.1. The largest absolute Gasteiger partial charge is 0.394 e. The summed E-state index contributed by atoms with van der Waals surface area (Å²) in [6.45, 7) is 19.3. The third kappa shape index (κ3) is 6.56. The van der Waals surface area contributed by atoms with E-state index in [1.807, 2.05) is 65.6 Å². The molecular formula is C39H51N3O4S. The van der Waals surface area contributed by atoms with Crippen LogP contribution in [0.1, 0.15) is 71.0 Å². The van der Waals surface area contributed by atoms with Gasteiger partial charge in [-0.1, -0.05) is 93.6 Å². The van der Waals surface area contributed by atoms with E-state index >= 15 is 4.79 Å². The first-order valence-electron chi connectivity index (χ1n) is 16.8. The van der Waals surface area contributed by atoms with Gasteiger partial charge in [-0.05, 0) is 49.7 Å². The molecule has 7 nitrogen and oxygen atoms in total. The molecule has 6 atom stereocenters. The van der Waals surface area contributed by atoms with Gasteiger partial charge >= 0.3 is 0 Å². The van der Waals surface area contributed by atoms with Gasteiger partial charge in [0, 0.05) is 30.4 Å². The van der Waals surface area contributed by atoms with Crippen molar-refractivity contribution < 1.29 is 19.5 Å². The van der Waals surface area contributed by atoms with Crippen LogP contribution in [-0.2, 0) is 20.9 Å². The summed E-state index contributed by atoms with van der Waals surface area (Å²) in [5.74, 6) is -1.68. The molecule has 252 valence electrons. The monoisotopic (exact) mass is 657 g/mol. The predicted molar refractivity (Wildman–Crippen MR) is 189 cm³/mol. The number of aliphatic hydroxyl groups excluding tert-OH is 1. The molecule has 3 saturated heterocycles. The molecule has 1 spiro atoms. The number of aliphatic hydroxyl groups is 1. The molecule has 2 aromatic carbocycles. The van der Waals surface area contributed by atoms with E-state index in [-0.39, 0.29) is 35.0 Å². The fraction of sp³-hybridized carbons (Fsp3) is 0.513. The summed E-state index contributed by atoms with van der Waals surface area (Å²) in [7, 11) is 0. The highest BCUT2D eigenvalue weighted by atomic mass is 32.2. The van der Waals surface area contributed by atoms with Crippen molar-refractivity contribution in [2.75, 3.05) is 19.7 Å². The normalized spacial score (nSPS) is 25.7. The first kappa shape index (κ1) is 35.0. The lowest BCUT2D eigenvalue weighted by atomic mass is 9.70. The molecular weight excluding hydrogens is 607 g/mol. The molecule has 2 unspecified atom stereocenters. The second-order valence-corrected chi connectivity index (χ2v) is 16.8. The number of nitrogens with zero attached hydrogens (tertiary/aromatic N) is 3. The Bertz CT molecular complexity index is 1470. The van der Waals surface area contributed by atoms with Crippen LogP contribution in [0.4, 0.5) is 0 Å². The topological polar surface area (TPSA) is 81.2 Å². The second-order valence-electron chi connectivity index (χ2n) is 15.2. The number of likely N-dealkylation sites (tertiary alicyclic amines) is 1. The van der Waals surface area contributed by atoms with Crippen molar-refractivity contribution in [3.8, 4) is 0 Å². The van der Waals surface area contributed by atoms with Crippen molar-refractivity contribution >= 4 is 29.5 Å². The number of amides is 3. The first-order valence-corrected chi connectivity index (χ1v) is 17.7. The van der Waals surface area contributed by atoms with Crippen molar-refractivity contribution in [3.63, 3.8) is 0 Å². The van der Waals surface area contributed by atoms with Gasteiger partial charge in [0.15, 0.2) is 0 Å². The van der Waals surface area contributed by atoms with Crippen LogP contribution in [0.5, 0.6) is 0 Å². The molecule has 2 bridgehead atoms. The Morgan fingerprint density at radius 1 is 1.00 bits per heavy atom. The summed E-state index contributed by atoms with van der Waals surface area (Å²) < 4.78 is -0.787. The molecule has 3 fully saturated rings. The molecule has 3 heterocycles. The van der Waals surface area contributed by atoms with Gasteiger partial charge < -0.3 is 19.8 Å². The fourth-order valence-electron chi connectivity index (χ4n) is 8.73. The lowest BCUT2D eigenvalue weighted by molar-refractivity contribution is -0.149. The number of hydrogen-bond donors (Lipinski definition) is 1. The molecule has 0 aromatic heterocycles. The molecule has 0 saturated carbocycles. The number of rotatable bonds is 13. The molecule has 47 heavy (non-hydrogen) atoms. The van der Waals surface area contributed by atoms with E-state index in [1.54, 1.807) is 33.7 Å². The molecule has 8 heteroatoms. The van der Waals surface area contributed by atoms with Gasteiger partial charge in [0.25, 0.3) is 0 Å². The minimum absolute atomic E-state index is 0.0572. The number of carbonyl (C=O) groups is 3. The average Bonchev–Trinajstić information content (AvgIpc) is 3.67. The molecule has 0 radical (unpaired) electrons. The zero-order valence-corrected chi connectivity index (χ0v) is 29.4. The van der Waals surface area contributed by atoms with Crippen LogP contribution in [0.3, 0.4) is 0 Å². The van der Waals surface area contributed by atoms with E-state index in [0.29, 0.717) is 26.1 Å². The van der Waals surface area contributed by atoms with Gasteiger partial charge in [-0.3, -0.25) is 14.4 Å². The van der Waals surface area contributed by atoms with E-state index in [4.69, 9.17) is 0 Å². The van der Waals surface area contributed by atoms with Crippen LogP contribution in [-0.4, -0.2) is 78.8 Å². The van der Waals surface area contributed by atoms with Gasteiger partial charge in [0.05, 0.1) is 29.2 Å². The SMILES string of the molecule is C=CCN(Cc1ccccc1)C(=O)[C@@H]1[C@H]2C(=O)N([C@H](CO)c3ccccc3)C(C(=O)N(CC=C)C(C)(C)CC(C)(C)C)C23CC[C@H]1S3. The summed E-state index contributed by atoms with van der Waals surface area (Å²) in [6.07, 6.45) is 5.63. The molecule has 0 aliphatic carbocycles. The van der Waals surface area contributed by atoms with E-state index in [2.05, 4.69) is 47.8 Å². The zero-order valence-electron chi connectivity index (χ0n) is 28.6. The van der Waals surface area contributed by atoms with E-state index < -0.39 is 34.2 Å². The minimum Gasteiger partial charge on any atom is -0.394 e. The minimum atomic E-state index is -0.841. The maximum absolute atomic E-state index is 15.2. The zero-order chi connectivity index (χ0) is 34.1. The van der Waals surface area contributed by atoms with Crippen molar-refractivity contribution in [1.29, 1.82) is 0 Å². The van der Waals surface area contributed by atoms with Gasteiger partial charge in [-0.25, -0.2) is 0 Å². The summed E-state index contributed by atoms with van der Waals surface area (Å²) in [5, 5.41) is 10.8. The van der Waals surface area contributed by atoms with Gasteiger partial charge in [-0.2, -0.15) is 0 Å². The van der Waals surface area contributed by atoms with Crippen LogP contribution in [0.15, 0.2) is 86.0 Å². The Balaban J connectivity index is 1.61. The lowest BCUT2D eigenvalue weighted by Gasteiger charge is -2.46. The quantitative estimate of drug-likeness (QED) is 0.258. The van der Waals surface area contributed by atoms with Crippen LogP contribution in [0.25, 0.3) is 0 Å². The van der Waals surface area contributed by atoms with Crippen LogP contribution in [0.2, 0.25) is 0 Å². The molecule has 3 amide bonds.